The van der Waals surface area contributed by atoms with E-state index in [0.29, 0.717) is 12.3 Å². The fourth-order valence-electron chi connectivity index (χ4n) is 1.35. The van der Waals surface area contributed by atoms with Gasteiger partial charge in [0.25, 0.3) is 0 Å². The number of carbonyl (C=O) groups is 1. The Balaban J connectivity index is 2.16. The average Bonchev–Trinajstić information content (AvgIpc) is 2.84. The van der Waals surface area contributed by atoms with E-state index in [0.717, 1.165) is 12.2 Å². The molecular weight excluding hydrogens is 266 g/mol. The predicted molar refractivity (Wildman–Crippen MR) is 79.1 cm³/mol. The van der Waals surface area contributed by atoms with Crippen molar-refractivity contribution in [3.63, 3.8) is 0 Å². The highest BCUT2D eigenvalue weighted by Gasteiger charge is 2.05. The third-order valence-electron chi connectivity index (χ3n) is 2.47. The molecule has 102 valence electrons. The van der Waals surface area contributed by atoms with Gasteiger partial charge in [0.15, 0.2) is 0 Å². The summed E-state index contributed by atoms with van der Waals surface area (Å²) in [6, 6.07) is 4.19. The maximum Gasteiger partial charge on any atom is 0.230 e. The summed E-state index contributed by atoms with van der Waals surface area (Å²) in [6.07, 6.45) is 1.05. The number of rotatable bonds is 8. The lowest BCUT2D eigenvalue weighted by Gasteiger charge is -2.07. The Hall–Kier alpha value is -0.520. The van der Waals surface area contributed by atoms with E-state index in [1.54, 1.807) is 23.1 Å². The topological polar surface area (TPSA) is 49.3 Å². The first-order chi connectivity index (χ1) is 8.65. The van der Waals surface area contributed by atoms with E-state index in [2.05, 4.69) is 24.4 Å². The Morgan fingerprint density at radius 1 is 1.50 bits per heavy atom. The second-order valence-electron chi connectivity index (χ2n) is 4.30. The maximum absolute atomic E-state index is 11.6. The Labute approximate surface area is 117 Å². The van der Waals surface area contributed by atoms with Crippen LogP contribution in [-0.2, 0) is 17.8 Å². The molecule has 0 aliphatic rings. The van der Waals surface area contributed by atoms with Crippen LogP contribution in [0, 0.1) is 5.92 Å². The molecular formula is C13H21NO2S2. The molecule has 0 aliphatic carbocycles. The van der Waals surface area contributed by atoms with Crippen molar-refractivity contribution in [2.75, 3.05) is 18.1 Å². The molecule has 5 heteroatoms. The Morgan fingerprint density at radius 2 is 2.22 bits per heavy atom. The number of hydrogen-bond donors (Lipinski definition) is 2. The predicted octanol–water partition coefficient (Wildman–Crippen LogP) is 2.29. The first kappa shape index (κ1) is 15.5. The molecule has 1 amide bonds. The summed E-state index contributed by atoms with van der Waals surface area (Å²) in [7, 11) is 0. The van der Waals surface area contributed by atoms with E-state index >= 15 is 0 Å². The van der Waals surface area contributed by atoms with Gasteiger partial charge < -0.3 is 10.4 Å². The van der Waals surface area contributed by atoms with Gasteiger partial charge in [-0.1, -0.05) is 13.8 Å². The third-order valence-corrected chi connectivity index (χ3v) is 4.97. The van der Waals surface area contributed by atoms with Crippen LogP contribution < -0.4 is 5.32 Å². The van der Waals surface area contributed by atoms with Crippen LogP contribution in [0.2, 0.25) is 0 Å². The fraction of sp³-hybridized carbons (Fsp3) is 0.615. The molecule has 0 saturated carbocycles. The van der Waals surface area contributed by atoms with Crippen molar-refractivity contribution in [2.24, 2.45) is 5.92 Å². The zero-order valence-electron chi connectivity index (χ0n) is 10.9. The largest absolute Gasteiger partial charge is 0.396 e. The van der Waals surface area contributed by atoms with Gasteiger partial charge in [0, 0.05) is 16.4 Å². The molecule has 0 fully saturated rings. The Bertz CT molecular complexity index is 366. The number of hydrogen-bond acceptors (Lipinski definition) is 4. The minimum Gasteiger partial charge on any atom is -0.396 e. The molecule has 1 unspecified atom stereocenters. The number of amides is 1. The van der Waals surface area contributed by atoms with Gasteiger partial charge in [0.05, 0.1) is 12.3 Å². The van der Waals surface area contributed by atoms with Gasteiger partial charge in [-0.2, -0.15) is 11.8 Å². The normalized spacial score (nSPS) is 12.4. The molecule has 3 nitrogen and oxygen atoms in total. The van der Waals surface area contributed by atoms with Crippen LogP contribution in [0.3, 0.4) is 0 Å². The lowest BCUT2D eigenvalue weighted by atomic mass is 10.2. The van der Waals surface area contributed by atoms with Gasteiger partial charge in [-0.25, -0.2) is 0 Å². The number of nitrogens with one attached hydrogen (secondary N) is 1. The van der Waals surface area contributed by atoms with E-state index in [-0.39, 0.29) is 18.4 Å². The molecule has 0 saturated heterocycles. The third kappa shape index (κ3) is 5.89. The number of carbonyl (C=O) groups excluding carboxylic acids is 1. The van der Waals surface area contributed by atoms with Crippen molar-refractivity contribution in [3.8, 4) is 0 Å². The van der Waals surface area contributed by atoms with Crippen LogP contribution in [0.4, 0.5) is 0 Å². The van der Waals surface area contributed by atoms with Crippen molar-refractivity contribution < 1.29 is 9.90 Å². The molecule has 1 rings (SSSR count). The summed E-state index contributed by atoms with van der Waals surface area (Å²) >= 11 is 3.32. The zero-order chi connectivity index (χ0) is 13.4. The summed E-state index contributed by atoms with van der Waals surface area (Å²) in [5.41, 5.74) is 0. The highest BCUT2D eigenvalue weighted by atomic mass is 32.2. The van der Waals surface area contributed by atoms with Gasteiger partial charge >= 0.3 is 0 Å². The quantitative estimate of drug-likeness (QED) is 0.771. The molecule has 0 bridgehead atoms. The molecule has 1 heterocycles. The SMILES string of the molecule is CCc1ccc(CNC(=O)CSCC(C)CO)s1. The minimum atomic E-state index is 0.0663. The Morgan fingerprint density at radius 3 is 2.83 bits per heavy atom. The van der Waals surface area contributed by atoms with E-state index in [9.17, 15) is 4.79 Å². The standard InChI is InChI=1S/C13H21NO2S2/c1-3-11-4-5-12(18-11)6-14-13(16)9-17-8-10(2)7-15/h4-5,10,15H,3,6-9H2,1-2H3,(H,14,16). The average molecular weight is 287 g/mol. The molecule has 1 aromatic rings. The lowest BCUT2D eigenvalue weighted by Crippen LogP contribution is -2.24. The van der Waals surface area contributed by atoms with Gasteiger partial charge in [-0.05, 0) is 30.2 Å². The molecule has 1 aromatic heterocycles. The van der Waals surface area contributed by atoms with Crippen LogP contribution in [0.15, 0.2) is 12.1 Å². The molecule has 0 aliphatic heterocycles. The Kier molecular flexibility index (Phi) is 7.39. The first-order valence-corrected chi connectivity index (χ1v) is 8.15. The highest BCUT2D eigenvalue weighted by Crippen LogP contribution is 2.16. The van der Waals surface area contributed by atoms with Crippen molar-refractivity contribution in [1.29, 1.82) is 0 Å². The van der Waals surface area contributed by atoms with Crippen LogP contribution in [0.5, 0.6) is 0 Å². The van der Waals surface area contributed by atoms with E-state index in [4.69, 9.17) is 5.11 Å². The second kappa shape index (κ2) is 8.56. The van der Waals surface area contributed by atoms with E-state index in [1.165, 1.54) is 9.75 Å². The fourth-order valence-corrected chi connectivity index (χ4v) is 3.16. The summed E-state index contributed by atoms with van der Waals surface area (Å²) in [5.74, 6) is 1.61. The molecule has 0 aromatic carbocycles. The lowest BCUT2D eigenvalue weighted by molar-refractivity contribution is -0.118. The first-order valence-electron chi connectivity index (χ1n) is 6.18. The summed E-state index contributed by atoms with van der Waals surface area (Å²) < 4.78 is 0. The van der Waals surface area contributed by atoms with Crippen molar-refractivity contribution in [1.82, 2.24) is 5.32 Å². The van der Waals surface area contributed by atoms with Crippen LogP contribution in [0.1, 0.15) is 23.6 Å². The number of aliphatic hydroxyl groups excluding tert-OH is 1. The van der Waals surface area contributed by atoms with Crippen molar-refractivity contribution in [2.45, 2.75) is 26.8 Å². The van der Waals surface area contributed by atoms with Gasteiger partial charge in [-0.3, -0.25) is 4.79 Å². The maximum atomic E-state index is 11.6. The van der Waals surface area contributed by atoms with Gasteiger partial charge in [-0.15, -0.1) is 11.3 Å². The summed E-state index contributed by atoms with van der Waals surface area (Å²) in [4.78, 5) is 14.1. The number of aliphatic hydroxyl groups is 1. The van der Waals surface area contributed by atoms with Crippen molar-refractivity contribution in [3.05, 3.63) is 21.9 Å². The second-order valence-corrected chi connectivity index (χ2v) is 6.58. The van der Waals surface area contributed by atoms with Crippen LogP contribution in [-0.4, -0.2) is 29.1 Å². The highest BCUT2D eigenvalue weighted by molar-refractivity contribution is 7.99. The zero-order valence-corrected chi connectivity index (χ0v) is 12.6. The van der Waals surface area contributed by atoms with E-state index in [1.807, 2.05) is 6.92 Å². The molecule has 1 atom stereocenters. The molecule has 2 N–H and O–H groups in total. The van der Waals surface area contributed by atoms with Gasteiger partial charge in [0.2, 0.25) is 5.91 Å². The number of aryl methyl sites for hydroxylation is 1. The number of thiophene rings is 1. The van der Waals surface area contributed by atoms with Crippen LogP contribution in [0.25, 0.3) is 0 Å². The van der Waals surface area contributed by atoms with E-state index < -0.39 is 0 Å². The molecule has 0 spiro atoms. The van der Waals surface area contributed by atoms with Crippen LogP contribution >= 0.6 is 23.1 Å². The number of thioether (sulfide) groups is 1. The smallest absolute Gasteiger partial charge is 0.230 e. The molecule has 0 radical (unpaired) electrons. The minimum absolute atomic E-state index is 0.0663. The summed E-state index contributed by atoms with van der Waals surface area (Å²) in [6.45, 7) is 4.92. The van der Waals surface area contributed by atoms with Crippen molar-refractivity contribution >= 4 is 29.0 Å². The van der Waals surface area contributed by atoms with Gasteiger partial charge in [0.1, 0.15) is 0 Å². The molecule has 18 heavy (non-hydrogen) atoms. The summed E-state index contributed by atoms with van der Waals surface area (Å²) in [5, 5.41) is 11.8. The monoisotopic (exact) mass is 287 g/mol.